The molecule has 158 valence electrons. The number of benzene rings is 1. The van der Waals surface area contributed by atoms with Gasteiger partial charge in [0.15, 0.2) is 18.1 Å². The summed E-state index contributed by atoms with van der Waals surface area (Å²) < 4.78 is 19.0. The number of ether oxygens (including phenoxy) is 2. The lowest BCUT2D eigenvalue weighted by molar-refractivity contribution is 0.245. The van der Waals surface area contributed by atoms with E-state index in [4.69, 9.17) is 13.9 Å². The average Bonchev–Trinajstić information content (AvgIpc) is 3.22. The minimum atomic E-state index is 0.0498. The van der Waals surface area contributed by atoms with E-state index >= 15 is 0 Å². The Bertz CT molecular complexity index is 1210. The van der Waals surface area contributed by atoms with Crippen LogP contribution in [0.4, 0.5) is 5.88 Å². The van der Waals surface area contributed by atoms with Gasteiger partial charge in [-0.05, 0) is 30.5 Å². The lowest BCUT2D eigenvalue weighted by Gasteiger charge is -2.42. The number of piperidine rings is 1. The van der Waals surface area contributed by atoms with Crippen LogP contribution in [-0.4, -0.2) is 29.8 Å². The molecule has 0 N–H and O–H groups in total. The topological polar surface area (TPSA) is 93.5 Å². The molecule has 2 aliphatic rings. The fourth-order valence-corrected chi connectivity index (χ4v) is 4.64. The van der Waals surface area contributed by atoms with E-state index in [0.29, 0.717) is 48.8 Å². The first-order valence-corrected chi connectivity index (χ1v) is 10.3. The normalized spacial score (nSPS) is 19.4. The van der Waals surface area contributed by atoms with Crippen LogP contribution in [0.3, 0.4) is 0 Å². The summed E-state index contributed by atoms with van der Waals surface area (Å²) in [6.45, 7) is 2.17. The van der Waals surface area contributed by atoms with Crippen LogP contribution >= 0.6 is 0 Å². The Morgan fingerprint density at radius 2 is 2.00 bits per heavy atom. The Labute approximate surface area is 179 Å². The number of para-hydroxylation sites is 2. The molecule has 2 bridgehead atoms. The summed E-state index contributed by atoms with van der Waals surface area (Å²) in [5.74, 6) is 2.54. The lowest BCUT2D eigenvalue weighted by atomic mass is 9.83. The fourth-order valence-electron chi connectivity index (χ4n) is 4.64. The Kier molecular flexibility index (Phi) is 4.86. The second-order valence-electron chi connectivity index (χ2n) is 7.92. The molecule has 2 aliphatic heterocycles. The quantitative estimate of drug-likeness (QED) is 0.629. The van der Waals surface area contributed by atoms with Gasteiger partial charge in [0.25, 0.3) is 5.56 Å². The molecule has 1 fully saturated rings. The summed E-state index contributed by atoms with van der Waals surface area (Å²) >= 11 is 0. The fraction of sp³-hybridized carbons (Fsp3) is 0.348. The monoisotopic (exact) mass is 418 g/mol. The van der Waals surface area contributed by atoms with Crippen molar-refractivity contribution in [2.24, 2.45) is 5.92 Å². The van der Waals surface area contributed by atoms with Gasteiger partial charge in [-0.1, -0.05) is 18.2 Å². The molecule has 0 aliphatic carbocycles. The van der Waals surface area contributed by atoms with Gasteiger partial charge in [0.2, 0.25) is 17.5 Å². The van der Waals surface area contributed by atoms with Crippen molar-refractivity contribution in [1.29, 1.82) is 5.26 Å². The Morgan fingerprint density at radius 1 is 1.16 bits per heavy atom. The largest absolute Gasteiger partial charge is 0.493 e. The smallest absolute Gasteiger partial charge is 0.250 e. The van der Waals surface area contributed by atoms with Crippen LogP contribution in [0.1, 0.15) is 29.6 Å². The van der Waals surface area contributed by atoms with E-state index in [1.165, 1.54) is 0 Å². The number of aromatic nitrogens is 2. The van der Waals surface area contributed by atoms with Crippen molar-refractivity contribution in [3.05, 3.63) is 70.1 Å². The van der Waals surface area contributed by atoms with E-state index in [1.54, 1.807) is 19.2 Å². The van der Waals surface area contributed by atoms with Crippen molar-refractivity contribution >= 4 is 5.88 Å². The van der Waals surface area contributed by atoms with Gasteiger partial charge in [0.1, 0.15) is 6.07 Å². The molecule has 4 heterocycles. The molecule has 0 amide bonds. The van der Waals surface area contributed by atoms with Gasteiger partial charge in [0, 0.05) is 37.3 Å². The van der Waals surface area contributed by atoms with Crippen LogP contribution in [0.25, 0.3) is 0 Å². The molecule has 5 rings (SSSR count). The number of hydrogen-bond acceptors (Lipinski definition) is 7. The summed E-state index contributed by atoms with van der Waals surface area (Å²) in [5, 5.41) is 9.62. The van der Waals surface area contributed by atoms with Gasteiger partial charge in [-0.25, -0.2) is 0 Å². The zero-order chi connectivity index (χ0) is 21.4. The van der Waals surface area contributed by atoms with Crippen molar-refractivity contribution in [2.45, 2.75) is 25.5 Å². The maximum absolute atomic E-state index is 12.2. The second-order valence-corrected chi connectivity index (χ2v) is 7.92. The van der Waals surface area contributed by atoms with Crippen LogP contribution in [0.15, 0.2) is 51.7 Å². The van der Waals surface area contributed by atoms with Crippen LogP contribution in [-0.2, 0) is 13.2 Å². The summed E-state index contributed by atoms with van der Waals surface area (Å²) in [6, 6.07) is 14.9. The van der Waals surface area contributed by atoms with Crippen LogP contribution in [0.5, 0.6) is 11.5 Å². The van der Waals surface area contributed by atoms with Gasteiger partial charge in [-0.15, -0.1) is 0 Å². The molecule has 1 aromatic carbocycles. The summed E-state index contributed by atoms with van der Waals surface area (Å²) in [5.41, 5.74) is 1.35. The van der Waals surface area contributed by atoms with Crippen LogP contribution in [0, 0.1) is 17.2 Å². The summed E-state index contributed by atoms with van der Waals surface area (Å²) in [6.07, 6.45) is 1.03. The van der Waals surface area contributed by atoms with Crippen molar-refractivity contribution in [1.82, 2.24) is 9.55 Å². The third-order valence-corrected chi connectivity index (χ3v) is 5.95. The van der Waals surface area contributed by atoms with Crippen molar-refractivity contribution in [2.75, 3.05) is 25.1 Å². The Hall–Kier alpha value is -3.73. The van der Waals surface area contributed by atoms with Gasteiger partial charge < -0.3 is 23.4 Å². The number of rotatable bonds is 5. The number of oxazole rings is 1. The summed E-state index contributed by atoms with van der Waals surface area (Å²) in [7, 11) is 1.58. The minimum Gasteiger partial charge on any atom is -0.493 e. The van der Waals surface area contributed by atoms with E-state index < -0.39 is 0 Å². The maximum atomic E-state index is 12.2. The van der Waals surface area contributed by atoms with Gasteiger partial charge in [0.05, 0.1) is 7.11 Å². The second kappa shape index (κ2) is 7.84. The molecule has 0 spiro atoms. The highest BCUT2D eigenvalue weighted by Crippen LogP contribution is 2.38. The molecule has 3 aromatic rings. The molecule has 2 atom stereocenters. The lowest BCUT2D eigenvalue weighted by Crippen LogP contribution is -2.47. The zero-order valence-corrected chi connectivity index (χ0v) is 17.2. The predicted molar refractivity (Wildman–Crippen MR) is 112 cm³/mol. The molecule has 2 aromatic heterocycles. The maximum Gasteiger partial charge on any atom is 0.250 e. The number of hydrogen-bond donors (Lipinski definition) is 0. The molecular formula is C23H22N4O4. The van der Waals surface area contributed by atoms with Crippen molar-refractivity contribution in [3.63, 3.8) is 0 Å². The molecular weight excluding hydrogens is 396 g/mol. The Balaban J connectivity index is 1.37. The number of pyridine rings is 1. The predicted octanol–water partition coefficient (Wildman–Crippen LogP) is 2.92. The molecule has 0 unspecified atom stereocenters. The van der Waals surface area contributed by atoms with E-state index in [0.717, 1.165) is 12.1 Å². The van der Waals surface area contributed by atoms with Crippen molar-refractivity contribution < 1.29 is 13.9 Å². The first-order valence-electron chi connectivity index (χ1n) is 10.3. The highest BCUT2D eigenvalue weighted by atomic mass is 16.5. The van der Waals surface area contributed by atoms with Crippen LogP contribution < -0.4 is 19.9 Å². The number of nitriles is 1. The number of nitrogens with zero attached hydrogens (tertiary/aromatic N) is 4. The van der Waals surface area contributed by atoms with Crippen LogP contribution in [0.2, 0.25) is 0 Å². The first-order chi connectivity index (χ1) is 15.2. The third-order valence-electron chi connectivity index (χ3n) is 5.95. The SMILES string of the molecule is COc1ccccc1OCc1nc(C#N)c(N2C[C@@H]3C[C@@H](C2)c2cccc(=O)n2C3)o1. The highest BCUT2D eigenvalue weighted by Gasteiger charge is 2.36. The number of methoxy groups -OCH3 is 1. The molecule has 1 saturated heterocycles. The average molecular weight is 418 g/mol. The number of anilines is 1. The van der Waals surface area contributed by atoms with Gasteiger partial charge in [-0.3, -0.25) is 4.79 Å². The summed E-state index contributed by atoms with van der Waals surface area (Å²) in [4.78, 5) is 18.7. The van der Waals surface area contributed by atoms with Gasteiger partial charge >= 0.3 is 0 Å². The van der Waals surface area contributed by atoms with E-state index in [1.807, 2.05) is 34.9 Å². The molecule has 8 heteroatoms. The van der Waals surface area contributed by atoms with Gasteiger partial charge in [-0.2, -0.15) is 10.2 Å². The van der Waals surface area contributed by atoms with E-state index in [-0.39, 0.29) is 23.8 Å². The van der Waals surface area contributed by atoms with E-state index in [2.05, 4.69) is 16.0 Å². The minimum absolute atomic E-state index is 0.0498. The Morgan fingerprint density at radius 3 is 2.81 bits per heavy atom. The number of fused-ring (bicyclic) bond motifs is 4. The van der Waals surface area contributed by atoms with Crippen molar-refractivity contribution in [3.8, 4) is 17.6 Å². The standard InChI is InChI=1S/C23H22N4O4/c1-29-19-6-2-3-7-20(19)30-14-21-25-17(10-24)23(31-21)26-11-15-9-16(13-26)18-5-4-8-22(28)27(18)12-15/h2-8,15-16H,9,11-14H2,1H3/t15-,16-/m0/s1. The first kappa shape index (κ1) is 19.2. The molecule has 31 heavy (non-hydrogen) atoms. The molecule has 0 radical (unpaired) electrons. The zero-order valence-electron chi connectivity index (χ0n) is 17.2. The molecule has 8 nitrogen and oxygen atoms in total. The molecule has 0 saturated carbocycles. The highest BCUT2D eigenvalue weighted by molar-refractivity contribution is 5.49. The van der Waals surface area contributed by atoms with E-state index in [9.17, 15) is 10.1 Å². The third kappa shape index (κ3) is 3.52.